The standard InChI is InChI=1S/C28H34N2O4/c1-29(2,3)19-21-10-7-14-25(16-21)33-27(31)23-12-9-13-24(18-23)28(32)34-26-15-8-11-22(17-26)20-30(4,5)6/h7-18H,19-20H2,1-6H3/q+2. The summed E-state index contributed by atoms with van der Waals surface area (Å²) < 4.78 is 12.7. The normalized spacial score (nSPS) is 11.7. The second kappa shape index (κ2) is 10.2. The third kappa shape index (κ3) is 7.83. The van der Waals surface area contributed by atoms with E-state index < -0.39 is 11.9 Å². The van der Waals surface area contributed by atoms with Crippen LogP contribution in [0.25, 0.3) is 0 Å². The van der Waals surface area contributed by atoms with Crippen LogP contribution in [0.5, 0.6) is 11.5 Å². The minimum absolute atomic E-state index is 0.283. The molecule has 0 saturated carbocycles. The Labute approximate surface area is 202 Å². The van der Waals surface area contributed by atoms with Crippen molar-refractivity contribution < 1.29 is 28.0 Å². The zero-order chi connectivity index (χ0) is 24.9. The van der Waals surface area contributed by atoms with Crippen LogP contribution in [0.2, 0.25) is 0 Å². The van der Waals surface area contributed by atoms with Crippen LogP contribution in [0, 0.1) is 0 Å². The summed E-state index contributed by atoms with van der Waals surface area (Å²) in [6.45, 7) is 1.62. The van der Waals surface area contributed by atoms with Crippen LogP contribution in [0.3, 0.4) is 0 Å². The Morgan fingerprint density at radius 1 is 0.588 bits per heavy atom. The number of nitrogens with zero attached hydrogens (tertiary/aromatic N) is 2. The first-order valence-corrected chi connectivity index (χ1v) is 11.2. The molecule has 0 aliphatic carbocycles. The first kappa shape index (κ1) is 25.1. The molecule has 6 heteroatoms. The lowest BCUT2D eigenvalue weighted by Crippen LogP contribution is -2.33. The van der Waals surface area contributed by atoms with Gasteiger partial charge in [-0.2, -0.15) is 0 Å². The van der Waals surface area contributed by atoms with Gasteiger partial charge in [0.05, 0.1) is 53.4 Å². The lowest BCUT2D eigenvalue weighted by atomic mass is 10.1. The summed E-state index contributed by atoms with van der Waals surface area (Å²) in [4.78, 5) is 25.5. The second-order valence-electron chi connectivity index (χ2n) is 10.6. The van der Waals surface area contributed by atoms with Crippen LogP contribution >= 0.6 is 0 Å². The molecular formula is C28H34N2O4+2. The highest BCUT2D eigenvalue weighted by Gasteiger charge is 2.16. The van der Waals surface area contributed by atoms with Crippen molar-refractivity contribution in [2.75, 3.05) is 42.3 Å². The number of ether oxygens (including phenoxy) is 2. The zero-order valence-electron chi connectivity index (χ0n) is 20.9. The monoisotopic (exact) mass is 462 g/mol. The highest BCUT2D eigenvalue weighted by molar-refractivity contribution is 5.96. The number of esters is 2. The number of quaternary nitrogens is 2. The smallest absolute Gasteiger partial charge is 0.343 e. The average molecular weight is 463 g/mol. The van der Waals surface area contributed by atoms with Gasteiger partial charge in [-0.25, -0.2) is 9.59 Å². The van der Waals surface area contributed by atoms with Gasteiger partial charge in [0.1, 0.15) is 24.6 Å². The molecule has 0 aromatic heterocycles. The third-order valence-electron chi connectivity index (χ3n) is 4.87. The fourth-order valence-corrected chi connectivity index (χ4v) is 3.62. The summed E-state index contributed by atoms with van der Waals surface area (Å²) in [6, 6.07) is 21.4. The molecule has 0 atom stereocenters. The Morgan fingerprint density at radius 3 is 1.35 bits per heavy atom. The van der Waals surface area contributed by atoms with Gasteiger partial charge in [0.25, 0.3) is 0 Å². The first-order chi connectivity index (χ1) is 15.9. The van der Waals surface area contributed by atoms with Crippen molar-refractivity contribution in [2.24, 2.45) is 0 Å². The van der Waals surface area contributed by atoms with Crippen molar-refractivity contribution in [3.8, 4) is 11.5 Å². The largest absolute Gasteiger partial charge is 0.423 e. The number of hydrogen-bond donors (Lipinski definition) is 0. The van der Waals surface area contributed by atoms with Gasteiger partial charge in [0.15, 0.2) is 0 Å². The molecule has 178 valence electrons. The van der Waals surface area contributed by atoms with E-state index >= 15 is 0 Å². The van der Waals surface area contributed by atoms with E-state index in [0.29, 0.717) is 11.5 Å². The van der Waals surface area contributed by atoms with Crippen LogP contribution in [0.4, 0.5) is 0 Å². The number of benzene rings is 3. The Bertz CT molecular complexity index is 1080. The molecule has 0 N–H and O–H groups in total. The van der Waals surface area contributed by atoms with Crippen LogP contribution < -0.4 is 9.47 Å². The van der Waals surface area contributed by atoms with Gasteiger partial charge in [-0.15, -0.1) is 0 Å². The van der Waals surface area contributed by atoms with E-state index in [9.17, 15) is 9.59 Å². The van der Waals surface area contributed by atoms with Gasteiger partial charge in [-0.05, 0) is 42.5 Å². The first-order valence-electron chi connectivity index (χ1n) is 11.2. The Balaban J connectivity index is 1.70. The van der Waals surface area contributed by atoms with Gasteiger partial charge in [0.2, 0.25) is 0 Å². The highest BCUT2D eigenvalue weighted by atomic mass is 16.5. The van der Waals surface area contributed by atoms with Crippen molar-refractivity contribution in [1.82, 2.24) is 0 Å². The molecule has 0 unspecified atom stereocenters. The van der Waals surface area contributed by atoms with E-state index in [1.54, 1.807) is 30.3 Å². The van der Waals surface area contributed by atoms with Gasteiger partial charge < -0.3 is 18.4 Å². The lowest BCUT2D eigenvalue weighted by molar-refractivity contribution is -0.884. The van der Waals surface area contributed by atoms with E-state index in [1.165, 1.54) is 6.07 Å². The zero-order valence-corrected chi connectivity index (χ0v) is 20.9. The van der Waals surface area contributed by atoms with Gasteiger partial charge >= 0.3 is 11.9 Å². The number of carbonyl (C=O) groups is 2. The van der Waals surface area contributed by atoms with E-state index in [1.807, 2.05) is 36.4 Å². The molecule has 0 amide bonds. The van der Waals surface area contributed by atoms with E-state index in [2.05, 4.69) is 42.3 Å². The molecule has 3 aromatic rings. The molecule has 0 fully saturated rings. The Morgan fingerprint density at radius 2 is 0.971 bits per heavy atom. The SMILES string of the molecule is C[N+](C)(C)Cc1cccc(OC(=O)c2cccc(C(=O)Oc3cccc(C[N+](C)(C)C)c3)c2)c1. The number of rotatable bonds is 8. The Kier molecular flexibility index (Phi) is 7.54. The fraction of sp³-hybridized carbons (Fsp3) is 0.286. The van der Waals surface area contributed by atoms with Crippen LogP contribution in [0.15, 0.2) is 72.8 Å². The quantitative estimate of drug-likeness (QED) is 0.280. The molecule has 3 aromatic carbocycles. The van der Waals surface area contributed by atoms with Crippen molar-refractivity contribution in [3.63, 3.8) is 0 Å². The summed E-state index contributed by atoms with van der Waals surface area (Å²) in [5.41, 5.74) is 2.71. The van der Waals surface area contributed by atoms with Gasteiger partial charge in [-0.3, -0.25) is 0 Å². The van der Waals surface area contributed by atoms with Crippen molar-refractivity contribution in [1.29, 1.82) is 0 Å². The molecule has 0 radical (unpaired) electrons. The van der Waals surface area contributed by atoms with Crippen LogP contribution in [0.1, 0.15) is 31.8 Å². The summed E-state index contributed by atoms with van der Waals surface area (Å²) >= 11 is 0. The lowest BCUT2D eigenvalue weighted by Gasteiger charge is -2.24. The number of hydrogen-bond acceptors (Lipinski definition) is 4. The predicted molar refractivity (Wildman–Crippen MR) is 133 cm³/mol. The summed E-state index contributed by atoms with van der Waals surface area (Å²) in [5, 5.41) is 0. The maximum atomic E-state index is 12.7. The van der Waals surface area contributed by atoms with Crippen molar-refractivity contribution in [2.45, 2.75) is 13.1 Å². The van der Waals surface area contributed by atoms with Gasteiger partial charge in [-0.1, -0.05) is 30.3 Å². The third-order valence-corrected chi connectivity index (χ3v) is 4.87. The molecule has 0 bridgehead atoms. The van der Waals surface area contributed by atoms with E-state index in [-0.39, 0.29) is 11.1 Å². The summed E-state index contributed by atoms with van der Waals surface area (Å²) in [6.07, 6.45) is 0. The predicted octanol–water partition coefficient (Wildman–Crippen LogP) is 4.54. The fourth-order valence-electron chi connectivity index (χ4n) is 3.62. The van der Waals surface area contributed by atoms with E-state index in [4.69, 9.17) is 9.47 Å². The number of carbonyl (C=O) groups excluding carboxylic acids is 2. The molecule has 0 aliphatic heterocycles. The molecule has 3 rings (SSSR count). The molecule has 0 saturated heterocycles. The summed E-state index contributed by atoms with van der Waals surface area (Å²) in [7, 11) is 12.6. The highest BCUT2D eigenvalue weighted by Crippen LogP contribution is 2.20. The summed E-state index contributed by atoms with van der Waals surface area (Å²) in [5.74, 6) is -0.111. The minimum atomic E-state index is -0.526. The molecule has 0 spiro atoms. The molecule has 0 aliphatic rings. The van der Waals surface area contributed by atoms with Gasteiger partial charge in [0, 0.05) is 11.1 Å². The average Bonchev–Trinajstić information content (AvgIpc) is 2.72. The maximum Gasteiger partial charge on any atom is 0.343 e. The Hall–Kier alpha value is -3.48. The minimum Gasteiger partial charge on any atom is -0.423 e. The van der Waals surface area contributed by atoms with Crippen molar-refractivity contribution in [3.05, 3.63) is 95.1 Å². The second-order valence-corrected chi connectivity index (χ2v) is 10.6. The maximum absolute atomic E-state index is 12.7. The van der Waals surface area contributed by atoms with E-state index in [0.717, 1.165) is 33.2 Å². The molecular weight excluding hydrogens is 428 g/mol. The molecule has 34 heavy (non-hydrogen) atoms. The topological polar surface area (TPSA) is 52.6 Å². The molecule has 0 heterocycles. The van der Waals surface area contributed by atoms with Crippen molar-refractivity contribution >= 4 is 11.9 Å². The van der Waals surface area contributed by atoms with Crippen LogP contribution in [-0.2, 0) is 13.1 Å². The molecule has 6 nitrogen and oxygen atoms in total. The van der Waals surface area contributed by atoms with Crippen LogP contribution in [-0.4, -0.2) is 63.2 Å².